The van der Waals surface area contributed by atoms with Crippen LogP contribution in [0.5, 0.6) is 0 Å². The number of rotatable bonds is 4. The number of carbonyl (C=O) groups is 2. The van der Waals surface area contributed by atoms with Crippen LogP contribution in [0.25, 0.3) is 0 Å². The summed E-state index contributed by atoms with van der Waals surface area (Å²) in [4.78, 5) is 26.0. The maximum Gasteiger partial charge on any atom is 0.308 e. The Kier molecular flexibility index (Phi) is 15.8. The van der Waals surface area contributed by atoms with Crippen LogP contribution in [0.4, 0.5) is 0 Å². The second-order valence-corrected chi connectivity index (χ2v) is 7.96. The minimum Gasteiger partial charge on any atom is -0.481 e. The summed E-state index contributed by atoms with van der Waals surface area (Å²) in [6.45, 7) is 0. The number of esters is 1. The molecule has 0 unspecified atom stereocenters. The van der Waals surface area contributed by atoms with Crippen LogP contribution in [-0.4, -0.2) is 40.4 Å². The lowest BCUT2D eigenvalue weighted by Crippen LogP contribution is -2.40. The van der Waals surface area contributed by atoms with Crippen molar-refractivity contribution in [3.63, 3.8) is 0 Å². The number of carboxylic acids is 1. The molecule has 0 aliphatic heterocycles. The Hall–Kier alpha value is 0.170. The third kappa shape index (κ3) is 10.9. The van der Waals surface area contributed by atoms with Crippen LogP contribution < -0.4 is 9.67 Å². The first-order chi connectivity index (χ1) is 10.7. The molecule has 144 valence electrons. The van der Waals surface area contributed by atoms with E-state index < -0.39 is 15.2 Å². The highest BCUT2D eigenvalue weighted by molar-refractivity contribution is 8.26. The Bertz CT molecular complexity index is 403. The van der Waals surface area contributed by atoms with Gasteiger partial charge in [0.2, 0.25) is 9.23 Å². The molecule has 3 N–H and O–H groups in total. The van der Waals surface area contributed by atoms with Crippen molar-refractivity contribution in [1.29, 1.82) is 0 Å². The summed E-state index contributed by atoms with van der Waals surface area (Å²) in [6.07, 6.45) is 2.93. The molecule has 2 rings (SSSR count). The van der Waals surface area contributed by atoms with Crippen LogP contribution in [0, 0.1) is 11.8 Å². The van der Waals surface area contributed by atoms with Gasteiger partial charge in [0.15, 0.2) is 0 Å². The van der Waals surface area contributed by atoms with E-state index in [2.05, 4.69) is 35.8 Å². The molecular weight excluding hydrogens is 426 g/mol. The first-order valence-corrected chi connectivity index (χ1v) is 10.1. The molecule has 2 aliphatic carbocycles. The van der Waals surface area contributed by atoms with E-state index in [0.29, 0.717) is 18.9 Å². The third-order valence-electron chi connectivity index (χ3n) is 3.47. The van der Waals surface area contributed by atoms with E-state index in [0.717, 1.165) is 12.8 Å². The van der Waals surface area contributed by atoms with E-state index in [1.54, 1.807) is 0 Å². The van der Waals surface area contributed by atoms with Crippen molar-refractivity contribution < 1.29 is 23.6 Å². The molecule has 2 saturated carbocycles. The lowest BCUT2D eigenvalue weighted by Gasteiger charge is -2.31. The largest absolute Gasteiger partial charge is 0.481 e. The van der Waals surface area contributed by atoms with Gasteiger partial charge in [0, 0.05) is 33.4 Å². The Balaban J connectivity index is 0. The van der Waals surface area contributed by atoms with Gasteiger partial charge in [-0.2, -0.15) is 0 Å². The molecule has 0 atom stereocenters. The van der Waals surface area contributed by atoms with Crippen molar-refractivity contribution in [1.82, 2.24) is 9.67 Å². The van der Waals surface area contributed by atoms with Gasteiger partial charge in [-0.1, -0.05) is 7.43 Å². The van der Waals surface area contributed by atoms with Gasteiger partial charge < -0.3 is 9.84 Å². The molecule has 7 nitrogen and oxygen atoms in total. The maximum absolute atomic E-state index is 10.8. The zero-order valence-corrected chi connectivity index (χ0v) is 16.0. The molecule has 0 radical (unpaired) electrons. The molecule has 2 fully saturated rings. The van der Waals surface area contributed by atoms with Gasteiger partial charge in [-0.3, -0.25) is 9.59 Å². The molecule has 12 heteroatoms. The number of methoxy groups -OCH3 is 1. The molecule has 0 amide bonds. The Labute approximate surface area is 163 Å². The molecule has 0 aromatic heterocycles. The molecule has 0 aromatic carbocycles. The highest BCUT2D eigenvalue weighted by Gasteiger charge is 2.34. The summed E-state index contributed by atoms with van der Waals surface area (Å²) in [7, 11) is 8.76. The van der Waals surface area contributed by atoms with Gasteiger partial charge in [-0.15, -0.1) is 0 Å². The summed E-state index contributed by atoms with van der Waals surface area (Å²) >= 11 is 10.5. The average molecular weight is 448 g/mol. The average Bonchev–Trinajstić information content (AvgIpc) is 2.35. The third-order valence-corrected chi connectivity index (χ3v) is 4.09. The van der Waals surface area contributed by atoms with E-state index in [9.17, 15) is 9.59 Å². The smallest absolute Gasteiger partial charge is 0.308 e. The predicted molar refractivity (Wildman–Crippen MR) is 97.2 cm³/mol. The van der Waals surface area contributed by atoms with Crippen molar-refractivity contribution in [2.75, 3.05) is 7.11 Å². The topological polar surface area (TPSA) is 105 Å². The molecule has 0 spiro atoms. The lowest BCUT2D eigenvalue weighted by atomic mass is 9.81. The molecule has 2 aliphatic rings. The Morgan fingerprint density at radius 1 is 1.04 bits per heavy atom. The Morgan fingerprint density at radius 3 is 1.62 bits per heavy atom. The van der Waals surface area contributed by atoms with E-state index in [-0.39, 0.29) is 31.3 Å². The van der Waals surface area contributed by atoms with Crippen molar-refractivity contribution >= 4 is 66.1 Å². The zero-order chi connectivity index (χ0) is 18.0. The fourth-order valence-electron chi connectivity index (χ4n) is 1.97. The van der Waals surface area contributed by atoms with Crippen LogP contribution in [0.2, 0.25) is 0 Å². The summed E-state index contributed by atoms with van der Waals surface area (Å²) in [5.74, 6) is -0.927. The fraction of sp³-hybridized carbons (Fsp3) is 0.833. The van der Waals surface area contributed by atoms with Crippen LogP contribution in [-0.2, 0) is 23.6 Å². The highest BCUT2D eigenvalue weighted by Crippen LogP contribution is 2.28. The van der Waals surface area contributed by atoms with Crippen molar-refractivity contribution in [3.05, 3.63) is 0 Å². The van der Waals surface area contributed by atoms with Gasteiger partial charge in [0.25, 0.3) is 0 Å². The fourth-order valence-corrected chi connectivity index (χ4v) is 2.33. The van der Waals surface area contributed by atoms with E-state index in [4.69, 9.17) is 32.9 Å². The monoisotopic (exact) mass is 446 g/mol. The Morgan fingerprint density at radius 2 is 1.38 bits per heavy atom. The molecular formula is C12H22Cl4N2O5S. The van der Waals surface area contributed by atoms with Gasteiger partial charge in [0.1, 0.15) is 0 Å². The number of hydrogen-bond donors (Lipinski definition) is 3. The van der Waals surface area contributed by atoms with Crippen LogP contribution >= 0.6 is 44.9 Å². The van der Waals surface area contributed by atoms with Crippen LogP contribution in [0.3, 0.4) is 0 Å². The van der Waals surface area contributed by atoms with E-state index in [1.165, 1.54) is 7.11 Å². The maximum atomic E-state index is 10.8. The van der Waals surface area contributed by atoms with Crippen molar-refractivity contribution in [2.24, 2.45) is 11.8 Å². The van der Waals surface area contributed by atoms with Crippen LogP contribution in [0.15, 0.2) is 0 Å². The lowest BCUT2D eigenvalue weighted by molar-refractivity contribution is -0.149. The predicted octanol–water partition coefficient (Wildman–Crippen LogP) is 2.95. The number of carbonyl (C=O) groups excluding carboxylic acids is 1. The summed E-state index contributed by atoms with van der Waals surface area (Å²) < 4.78 is 13.6. The van der Waals surface area contributed by atoms with Crippen molar-refractivity contribution in [2.45, 2.75) is 45.2 Å². The SMILES string of the molecule is C.COC(=O)C1CC(NCl)C1.O=C(O)C1CC(NCl)C1.O=S(Cl)Cl. The highest BCUT2D eigenvalue weighted by atomic mass is 36.0. The van der Waals surface area contributed by atoms with Gasteiger partial charge in [0.05, 0.1) is 18.9 Å². The second kappa shape index (κ2) is 14.4. The van der Waals surface area contributed by atoms with Gasteiger partial charge >= 0.3 is 11.9 Å². The molecule has 0 aromatic rings. The quantitative estimate of drug-likeness (QED) is 0.345. The number of hydrogen-bond acceptors (Lipinski definition) is 6. The molecule has 0 bridgehead atoms. The van der Waals surface area contributed by atoms with E-state index >= 15 is 0 Å². The van der Waals surface area contributed by atoms with Crippen LogP contribution in [0.1, 0.15) is 33.1 Å². The normalized spacial score (nSPS) is 26.9. The first kappa shape index (κ1) is 26.4. The number of carboxylic acid groups (broad SMARTS) is 1. The number of aliphatic carboxylic acids is 1. The standard InChI is InChI=1S/C6H10ClNO2.C5H8ClNO2.CH4.Cl2OS/c1-10-6(9)4-2-5(3-4)8-7;6-7-4-1-3(2-4)5(8)9;;1-4(2)3/h4-5,8H,2-3H2,1H3;3-4,7H,1-2H2,(H,8,9);1H4;. The molecule has 0 saturated heterocycles. The minimum atomic E-state index is -1.67. The molecule has 0 heterocycles. The summed E-state index contributed by atoms with van der Waals surface area (Å²) in [5.41, 5.74) is 0. The van der Waals surface area contributed by atoms with Gasteiger partial charge in [-0.25, -0.2) is 13.9 Å². The number of ether oxygens (including phenoxy) is 1. The second-order valence-electron chi connectivity index (χ2n) is 4.99. The first-order valence-electron chi connectivity index (χ1n) is 6.52. The van der Waals surface area contributed by atoms with Crippen molar-refractivity contribution in [3.8, 4) is 0 Å². The zero-order valence-electron chi connectivity index (χ0n) is 12.1. The van der Waals surface area contributed by atoms with E-state index in [1.807, 2.05) is 0 Å². The van der Waals surface area contributed by atoms with Gasteiger partial charge in [-0.05, 0) is 49.2 Å². The number of halogens is 4. The molecule has 24 heavy (non-hydrogen) atoms. The number of nitrogens with one attached hydrogen (secondary N) is 2. The summed E-state index contributed by atoms with van der Waals surface area (Å²) in [6, 6.07) is 0.513. The summed E-state index contributed by atoms with van der Waals surface area (Å²) in [5, 5.41) is 8.38. The minimum absolute atomic E-state index is 0.